The van der Waals surface area contributed by atoms with Crippen LogP contribution in [0.5, 0.6) is 0 Å². The van der Waals surface area contributed by atoms with E-state index < -0.39 is 0 Å². The fourth-order valence-electron chi connectivity index (χ4n) is 2.48. The van der Waals surface area contributed by atoms with E-state index in [9.17, 15) is 4.39 Å². The molecule has 0 N–H and O–H groups in total. The Bertz CT molecular complexity index is 518. The van der Waals surface area contributed by atoms with Crippen LogP contribution >= 0.6 is 11.6 Å². The molecule has 2 aromatic rings. The highest BCUT2D eigenvalue weighted by molar-refractivity contribution is 6.18. The molecule has 0 aliphatic rings. The van der Waals surface area contributed by atoms with E-state index in [1.54, 1.807) is 12.1 Å². The van der Waals surface area contributed by atoms with Gasteiger partial charge < -0.3 is 0 Å². The monoisotopic (exact) mass is 276 g/mol. The predicted octanol–water partition coefficient (Wildman–Crippen LogP) is 4.96. The summed E-state index contributed by atoms with van der Waals surface area (Å²) in [6.45, 7) is 2.13. The number of rotatable bonds is 5. The van der Waals surface area contributed by atoms with Crippen molar-refractivity contribution in [2.75, 3.05) is 5.88 Å². The van der Waals surface area contributed by atoms with E-state index in [1.807, 2.05) is 24.3 Å². The largest absolute Gasteiger partial charge is 0.207 e. The zero-order valence-corrected chi connectivity index (χ0v) is 11.8. The Morgan fingerprint density at radius 3 is 2.37 bits per heavy atom. The van der Waals surface area contributed by atoms with Crippen molar-refractivity contribution in [3.63, 3.8) is 0 Å². The topological polar surface area (TPSA) is 0 Å². The average molecular weight is 277 g/mol. The van der Waals surface area contributed by atoms with Gasteiger partial charge in [-0.05, 0) is 36.1 Å². The molecule has 0 aliphatic heterocycles. The molecule has 0 bridgehead atoms. The van der Waals surface area contributed by atoms with Crippen LogP contribution in [0.15, 0.2) is 54.6 Å². The van der Waals surface area contributed by atoms with Crippen LogP contribution in [-0.4, -0.2) is 5.88 Å². The molecule has 0 saturated carbocycles. The van der Waals surface area contributed by atoms with E-state index in [0.29, 0.717) is 5.88 Å². The molecule has 0 aliphatic carbocycles. The molecule has 2 rings (SSSR count). The minimum absolute atomic E-state index is 0.128. The van der Waals surface area contributed by atoms with Crippen LogP contribution in [0, 0.1) is 5.82 Å². The summed E-state index contributed by atoms with van der Waals surface area (Å²) in [6, 6.07) is 17.0. The first kappa shape index (κ1) is 14.1. The third-order valence-electron chi connectivity index (χ3n) is 3.75. The maximum absolute atomic E-state index is 13.3. The third kappa shape index (κ3) is 3.16. The smallest absolute Gasteiger partial charge is 0.123 e. The van der Waals surface area contributed by atoms with E-state index in [-0.39, 0.29) is 11.2 Å². The molecule has 0 radical (unpaired) electrons. The van der Waals surface area contributed by atoms with Crippen molar-refractivity contribution in [3.8, 4) is 0 Å². The number of halogens is 2. The van der Waals surface area contributed by atoms with Crippen molar-refractivity contribution in [1.82, 2.24) is 0 Å². The molecule has 0 amide bonds. The number of hydrogen-bond donors (Lipinski definition) is 0. The lowest BCUT2D eigenvalue weighted by Crippen LogP contribution is -2.30. The second-order valence-electron chi connectivity index (χ2n) is 4.94. The first-order chi connectivity index (χ1) is 9.20. The highest BCUT2D eigenvalue weighted by Gasteiger charge is 2.29. The summed E-state index contributed by atoms with van der Waals surface area (Å²) >= 11 is 6.25. The van der Waals surface area contributed by atoms with Crippen molar-refractivity contribution in [1.29, 1.82) is 0 Å². The summed E-state index contributed by atoms with van der Waals surface area (Å²) < 4.78 is 13.3. The Morgan fingerprint density at radius 1 is 1.05 bits per heavy atom. The van der Waals surface area contributed by atoms with E-state index in [1.165, 1.54) is 11.6 Å². The lowest BCUT2D eigenvalue weighted by molar-refractivity contribution is 0.457. The van der Waals surface area contributed by atoms with E-state index in [2.05, 4.69) is 19.1 Å². The standard InChI is InChI=1S/C17H18ClF/c1-2-17(13-18,15-8-4-3-5-9-15)12-14-7-6-10-16(19)11-14/h3-11H,2,12-13H2,1H3. The summed E-state index contributed by atoms with van der Waals surface area (Å²) in [6.07, 6.45) is 1.69. The van der Waals surface area contributed by atoms with Gasteiger partial charge in [0.1, 0.15) is 5.82 Å². The maximum Gasteiger partial charge on any atom is 0.123 e. The van der Waals surface area contributed by atoms with Crippen LogP contribution in [0.1, 0.15) is 24.5 Å². The molecule has 0 spiro atoms. The molecule has 19 heavy (non-hydrogen) atoms. The van der Waals surface area contributed by atoms with Gasteiger partial charge in [0.15, 0.2) is 0 Å². The van der Waals surface area contributed by atoms with Crippen molar-refractivity contribution >= 4 is 11.6 Å². The van der Waals surface area contributed by atoms with Crippen molar-refractivity contribution in [2.24, 2.45) is 0 Å². The molecule has 100 valence electrons. The predicted molar refractivity (Wildman–Crippen MR) is 79.2 cm³/mol. The van der Waals surface area contributed by atoms with Crippen molar-refractivity contribution in [3.05, 3.63) is 71.5 Å². The second kappa shape index (κ2) is 6.21. The average Bonchev–Trinajstić information content (AvgIpc) is 2.46. The van der Waals surface area contributed by atoms with Crippen LogP contribution in [0.3, 0.4) is 0 Å². The fourth-order valence-corrected chi connectivity index (χ4v) is 2.92. The molecule has 0 aromatic heterocycles. The van der Waals surface area contributed by atoms with Crippen LogP contribution in [0.4, 0.5) is 4.39 Å². The third-order valence-corrected chi connectivity index (χ3v) is 4.26. The molecule has 0 fully saturated rings. The summed E-state index contributed by atoms with van der Waals surface area (Å²) in [5.74, 6) is 0.342. The Hall–Kier alpha value is -1.34. The normalized spacial score (nSPS) is 14.1. The van der Waals surface area contributed by atoms with Gasteiger partial charge in [-0.3, -0.25) is 0 Å². The molecule has 2 aromatic carbocycles. The van der Waals surface area contributed by atoms with Gasteiger partial charge in [-0.1, -0.05) is 49.4 Å². The van der Waals surface area contributed by atoms with Crippen LogP contribution in [0.25, 0.3) is 0 Å². The van der Waals surface area contributed by atoms with Gasteiger partial charge in [-0.2, -0.15) is 0 Å². The van der Waals surface area contributed by atoms with E-state index >= 15 is 0 Å². The van der Waals surface area contributed by atoms with Gasteiger partial charge in [-0.25, -0.2) is 4.39 Å². The molecule has 1 atom stereocenters. The maximum atomic E-state index is 13.3. The Morgan fingerprint density at radius 2 is 1.79 bits per heavy atom. The van der Waals surface area contributed by atoms with Crippen LogP contribution in [0.2, 0.25) is 0 Å². The minimum atomic E-state index is -0.190. The van der Waals surface area contributed by atoms with Gasteiger partial charge in [0.2, 0.25) is 0 Å². The Balaban J connectivity index is 2.35. The summed E-state index contributed by atoms with van der Waals surface area (Å²) in [5.41, 5.74) is 2.08. The van der Waals surface area contributed by atoms with Gasteiger partial charge >= 0.3 is 0 Å². The van der Waals surface area contributed by atoms with E-state index in [0.717, 1.165) is 18.4 Å². The molecule has 1 unspecified atom stereocenters. The van der Waals surface area contributed by atoms with Gasteiger partial charge in [0, 0.05) is 11.3 Å². The van der Waals surface area contributed by atoms with Crippen molar-refractivity contribution < 1.29 is 4.39 Å². The lowest BCUT2D eigenvalue weighted by Gasteiger charge is -2.31. The van der Waals surface area contributed by atoms with E-state index in [4.69, 9.17) is 11.6 Å². The zero-order valence-electron chi connectivity index (χ0n) is 11.1. The van der Waals surface area contributed by atoms with Crippen LogP contribution < -0.4 is 0 Å². The van der Waals surface area contributed by atoms with Crippen LogP contribution in [-0.2, 0) is 11.8 Å². The summed E-state index contributed by atoms with van der Waals surface area (Å²) in [5, 5.41) is 0. The summed E-state index contributed by atoms with van der Waals surface area (Å²) in [7, 11) is 0. The van der Waals surface area contributed by atoms with Gasteiger partial charge in [0.05, 0.1) is 0 Å². The molecular formula is C17H18ClF. The SMILES string of the molecule is CCC(CCl)(Cc1cccc(F)c1)c1ccccc1. The zero-order chi connectivity index (χ0) is 13.7. The fraction of sp³-hybridized carbons (Fsp3) is 0.294. The molecule has 0 saturated heterocycles. The Kier molecular flexibility index (Phi) is 4.60. The quantitative estimate of drug-likeness (QED) is 0.678. The highest BCUT2D eigenvalue weighted by Crippen LogP contribution is 2.33. The molecule has 0 nitrogen and oxygen atoms in total. The lowest BCUT2D eigenvalue weighted by atomic mass is 9.75. The highest BCUT2D eigenvalue weighted by atomic mass is 35.5. The Labute approximate surface area is 119 Å². The minimum Gasteiger partial charge on any atom is -0.207 e. The molecular weight excluding hydrogens is 259 g/mol. The van der Waals surface area contributed by atoms with Gasteiger partial charge in [-0.15, -0.1) is 11.6 Å². The second-order valence-corrected chi connectivity index (χ2v) is 5.21. The number of hydrogen-bond acceptors (Lipinski definition) is 0. The van der Waals surface area contributed by atoms with Crippen molar-refractivity contribution in [2.45, 2.75) is 25.2 Å². The summed E-state index contributed by atoms with van der Waals surface area (Å²) in [4.78, 5) is 0. The first-order valence-electron chi connectivity index (χ1n) is 6.56. The number of alkyl halides is 1. The first-order valence-corrected chi connectivity index (χ1v) is 7.09. The molecule has 0 heterocycles. The number of benzene rings is 2. The molecule has 2 heteroatoms. The van der Waals surface area contributed by atoms with Gasteiger partial charge in [0.25, 0.3) is 0 Å².